The Bertz CT molecular complexity index is 506. The van der Waals surface area contributed by atoms with Gasteiger partial charge in [0.15, 0.2) is 0 Å². The van der Waals surface area contributed by atoms with Gasteiger partial charge in [0.05, 0.1) is 18.7 Å². The number of carbonyl (C=O) groups is 2. The lowest BCUT2D eigenvalue weighted by molar-refractivity contribution is -0.120. The summed E-state index contributed by atoms with van der Waals surface area (Å²) in [4.78, 5) is 23.7. The smallest absolute Gasteiger partial charge is 0.407 e. The number of carbonyl (C=O) groups excluding carboxylic acids is 2. The van der Waals surface area contributed by atoms with Crippen molar-refractivity contribution in [1.29, 1.82) is 0 Å². The molecule has 1 aromatic heterocycles. The predicted octanol–water partition coefficient (Wildman–Crippen LogP) is 2.11. The number of hydrogen-bond donors (Lipinski definition) is 2. The van der Waals surface area contributed by atoms with E-state index in [1.54, 1.807) is 13.8 Å². The van der Waals surface area contributed by atoms with E-state index in [0.29, 0.717) is 24.8 Å². The number of nitrogens with one attached hydrogen (secondary N) is 2. The molecule has 1 rings (SSSR count). The molecule has 2 N–H and O–H groups in total. The zero-order valence-electron chi connectivity index (χ0n) is 14.6. The first-order valence-electron chi connectivity index (χ1n) is 7.95. The molecule has 0 unspecified atom stereocenters. The van der Waals surface area contributed by atoms with Gasteiger partial charge in [-0.1, -0.05) is 19.0 Å². The summed E-state index contributed by atoms with van der Waals surface area (Å²) >= 11 is 0. The van der Waals surface area contributed by atoms with Crippen LogP contribution in [0.15, 0.2) is 4.52 Å². The van der Waals surface area contributed by atoms with Gasteiger partial charge in [0, 0.05) is 18.2 Å². The largest absolute Gasteiger partial charge is 0.450 e. The molecule has 7 heteroatoms. The van der Waals surface area contributed by atoms with Crippen LogP contribution in [0.1, 0.15) is 44.2 Å². The number of aryl methyl sites for hydroxylation is 2. The minimum absolute atomic E-state index is 0.126. The van der Waals surface area contributed by atoms with Gasteiger partial charge in [-0.15, -0.1) is 0 Å². The van der Waals surface area contributed by atoms with Crippen molar-refractivity contribution in [3.8, 4) is 0 Å². The van der Waals surface area contributed by atoms with E-state index in [1.165, 1.54) is 0 Å². The molecule has 0 aliphatic heterocycles. The molecule has 0 saturated carbocycles. The Balaban J connectivity index is 2.52. The number of hydrogen-bond acceptors (Lipinski definition) is 5. The minimum atomic E-state index is -0.460. The second kappa shape index (κ2) is 9.17. The van der Waals surface area contributed by atoms with Crippen LogP contribution in [0.25, 0.3) is 0 Å². The van der Waals surface area contributed by atoms with E-state index in [4.69, 9.17) is 9.26 Å². The van der Waals surface area contributed by atoms with Crippen LogP contribution in [0.4, 0.5) is 4.79 Å². The Hall–Kier alpha value is -2.05. The Morgan fingerprint density at radius 2 is 2.00 bits per heavy atom. The van der Waals surface area contributed by atoms with Crippen molar-refractivity contribution in [2.24, 2.45) is 5.92 Å². The molecule has 0 saturated heterocycles. The molecule has 1 aromatic rings. The normalized spacial score (nSPS) is 12.1. The van der Waals surface area contributed by atoms with Crippen LogP contribution in [0.5, 0.6) is 0 Å². The average Bonchev–Trinajstić information content (AvgIpc) is 2.76. The van der Waals surface area contributed by atoms with Gasteiger partial charge in [0.1, 0.15) is 5.76 Å². The summed E-state index contributed by atoms with van der Waals surface area (Å²) in [5.74, 6) is 0.918. The molecule has 1 heterocycles. The average molecular weight is 325 g/mol. The maximum absolute atomic E-state index is 12.1. The van der Waals surface area contributed by atoms with E-state index in [-0.39, 0.29) is 18.4 Å². The van der Waals surface area contributed by atoms with Crippen molar-refractivity contribution in [3.05, 3.63) is 17.0 Å². The summed E-state index contributed by atoms with van der Waals surface area (Å²) in [6, 6.07) is -0.164. The number of rotatable bonds is 8. The van der Waals surface area contributed by atoms with Crippen molar-refractivity contribution >= 4 is 12.0 Å². The van der Waals surface area contributed by atoms with E-state index in [9.17, 15) is 9.59 Å². The highest BCUT2D eigenvalue weighted by Crippen LogP contribution is 2.12. The highest BCUT2D eigenvalue weighted by Gasteiger charge is 2.17. The summed E-state index contributed by atoms with van der Waals surface area (Å²) in [7, 11) is 0. The Morgan fingerprint density at radius 3 is 2.52 bits per heavy atom. The molecule has 0 aliphatic rings. The molecule has 1 atom stereocenters. The van der Waals surface area contributed by atoms with Gasteiger partial charge in [-0.25, -0.2) is 4.79 Å². The third-order valence-corrected chi connectivity index (χ3v) is 3.42. The van der Waals surface area contributed by atoms with Crippen molar-refractivity contribution in [3.63, 3.8) is 0 Å². The van der Waals surface area contributed by atoms with Crippen LogP contribution in [0.3, 0.4) is 0 Å². The topological polar surface area (TPSA) is 93.5 Å². The molecule has 7 nitrogen and oxygen atoms in total. The van der Waals surface area contributed by atoms with Gasteiger partial charge < -0.3 is 19.9 Å². The van der Waals surface area contributed by atoms with E-state index in [1.807, 2.05) is 6.92 Å². The van der Waals surface area contributed by atoms with Crippen LogP contribution < -0.4 is 10.6 Å². The molecule has 0 fully saturated rings. The number of alkyl carbamates (subject to hydrolysis) is 1. The number of ether oxygens (including phenoxy) is 1. The molecule has 23 heavy (non-hydrogen) atoms. The zero-order chi connectivity index (χ0) is 17.4. The molecule has 2 amide bonds. The van der Waals surface area contributed by atoms with Crippen molar-refractivity contribution in [1.82, 2.24) is 15.8 Å². The third kappa shape index (κ3) is 6.71. The molecule has 130 valence electrons. The van der Waals surface area contributed by atoms with E-state index < -0.39 is 6.09 Å². The third-order valence-electron chi connectivity index (χ3n) is 3.42. The first kappa shape index (κ1) is 19.0. The van der Waals surface area contributed by atoms with E-state index in [2.05, 4.69) is 29.6 Å². The standard InChI is InChI=1S/C16H27N3O4/c1-6-22-16(21)18-13(7-10(2)3)9-17-15(20)8-14-11(4)19-23-12(14)5/h10,13H,6-9H2,1-5H3,(H,17,20)(H,18,21)/t13-/m1/s1. The van der Waals surface area contributed by atoms with Crippen molar-refractivity contribution in [2.75, 3.05) is 13.2 Å². The molecule has 0 bridgehead atoms. The van der Waals surface area contributed by atoms with Gasteiger partial charge in [-0.05, 0) is 33.1 Å². The predicted molar refractivity (Wildman–Crippen MR) is 86.1 cm³/mol. The number of aromatic nitrogens is 1. The number of amides is 2. The summed E-state index contributed by atoms with van der Waals surface area (Å²) < 4.78 is 9.94. The van der Waals surface area contributed by atoms with Gasteiger partial charge in [-0.2, -0.15) is 0 Å². The van der Waals surface area contributed by atoms with E-state index >= 15 is 0 Å². The van der Waals surface area contributed by atoms with Crippen LogP contribution in [0, 0.1) is 19.8 Å². The molecule has 0 aliphatic carbocycles. The van der Waals surface area contributed by atoms with Crippen LogP contribution in [-0.4, -0.2) is 36.4 Å². The second-order valence-electron chi connectivity index (χ2n) is 5.97. The molecule has 0 radical (unpaired) electrons. The maximum Gasteiger partial charge on any atom is 0.407 e. The second-order valence-corrected chi connectivity index (χ2v) is 5.97. The van der Waals surface area contributed by atoms with E-state index in [0.717, 1.165) is 17.7 Å². The van der Waals surface area contributed by atoms with Crippen LogP contribution >= 0.6 is 0 Å². The summed E-state index contributed by atoms with van der Waals surface area (Å²) in [5, 5.41) is 9.46. The molecular weight excluding hydrogens is 298 g/mol. The highest BCUT2D eigenvalue weighted by atomic mass is 16.5. The van der Waals surface area contributed by atoms with Crippen LogP contribution in [0.2, 0.25) is 0 Å². The lowest BCUT2D eigenvalue weighted by Gasteiger charge is -2.20. The van der Waals surface area contributed by atoms with Crippen molar-refractivity contribution in [2.45, 2.75) is 53.5 Å². The summed E-state index contributed by atoms with van der Waals surface area (Å²) in [6.45, 7) is 10.1. The highest BCUT2D eigenvalue weighted by molar-refractivity contribution is 5.79. The van der Waals surface area contributed by atoms with Crippen LogP contribution in [-0.2, 0) is 16.0 Å². The fourth-order valence-electron chi connectivity index (χ4n) is 2.32. The summed E-state index contributed by atoms with van der Waals surface area (Å²) in [6.07, 6.45) is 0.512. The zero-order valence-corrected chi connectivity index (χ0v) is 14.6. The first-order valence-corrected chi connectivity index (χ1v) is 7.95. The molecule has 0 spiro atoms. The van der Waals surface area contributed by atoms with Gasteiger partial charge in [0.25, 0.3) is 0 Å². The lowest BCUT2D eigenvalue weighted by Crippen LogP contribution is -2.45. The first-order chi connectivity index (χ1) is 10.8. The fraction of sp³-hybridized carbons (Fsp3) is 0.688. The lowest BCUT2D eigenvalue weighted by atomic mass is 10.0. The van der Waals surface area contributed by atoms with Crippen molar-refractivity contribution < 1.29 is 18.8 Å². The Morgan fingerprint density at radius 1 is 1.30 bits per heavy atom. The Labute approximate surface area is 137 Å². The monoisotopic (exact) mass is 325 g/mol. The van der Waals surface area contributed by atoms with Gasteiger partial charge in [0.2, 0.25) is 5.91 Å². The Kier molecular flexibility index (Phi) is 7.57. The number of nitrogens with zero attached hydrogens (tertiary/aromatic N) is 1. The quantitative estimate of drug-likeness (QED) is 0.763. The molecular formula is C16H27N3O4. The SMILES string of the molecule is CCOC(=O)N[C@@H](CNC(=O)Cc1c(C)noc1C)CC(C)C. The summed E-state index contributed by atoms with van der Waals surface area (Å²) in [5.41, 5.74) is 1.53. The maximum atomic E-state index is 12.1. The minimum Gasteiger partial charge on any atom is -0.450 e. The molecule has 0 aromatic carbocycles. The fourth-order valence-corrected chi connectivity index (χ4v) is 2.32. The van der Waals surface area contributed by atoms with Gasteiger partial charge in [-0.3, -0.25) is 4.79 Å². The van der Waals surface area contributed by atoms with Gasteiger partial charge >= 0.3 is 6.09 Å².